The van der Waals surface area contributed by atoms with Gasteiger partial charge in [0.05, 0.1) is 46.2 Å². The van der Waals surface area contributed by atoms with Crippen LogP contribution in [-0.4, -0.2) is 13.7 Å². The molecule has 254 valence electrons. The first-order valence-corrected chi connectivity index (χ1v) is 18.3. The molecule has 0 aliphatic heterocycles. The molecule has 3 heterocycles. The topological polar surface area (TPSA) is 23.5 Å². The van der Waals surface area contributed by atoms with Gasteiger partial charge in [-0.1, -0.05) is 97.1 Å². The Morgan fingerprint density at radius 1 is 0.327 bits per heavy atom. The van der Waals surface area contributed by atoms with E-state index in [4.69, 9.17) is 13.1 Å². The molecular formula is C50H29N5. The molecule has 5 nitrogen and oxygen atoms in total. The molecule has 0 spiro atoms. The second-order valence-corrected chi connectivity index (χ2v) is 14.0. The second kappa shape index (κ2) is 11.8. The normalized spacial score (nSPS) is 11.6. The van der Waals surface area contributed by atoms with Crippen LogP contribution in [0.4, 0.5) is 11.4 Å². The lowest BCUT2D eigenvalue weighted by Crippen LogP contribution is -1.96. The van der Waals surface area contributed by atoms with Gasteiger partial charge < -0.3 is 13.7 Å². The fraction of sp³-hybridized carbons (Fsp3) is 0. The van der Waals surface area contributed by atoms with Gasteiger partial charge in [0.2, 0.25) is 0 Å². The lowest BCUT2D eigenvalue weighted by atomic mass is 10.0. The van der Waals surface area contributed by atoms with Gasteiger partial charge in [0.15, 0.2) is 11.4 Å². The van der Waals surface area contributed by atoms with E-state index in [9.17, 15) is 0 Å². The van der Waals surface area contributed by atoms with E-state index in [0.717, 1.165) is 71.8 Å². The maximum absolute atomic E-state index is 8.35. The Bertz CT molecular complexity index is 3420. The molecule has 0 saturated carbocycles. The number of nitrogens with zero attached hydrogens (tertiary/aromatic N) is 5. The van der Waals surface area contributed by atoms with E-state index < -0.39 is 0 Å². The van der Waals surface area contributed by atoms with E-state index >= 15 is 0 Å². The third-order valence-electron chi connectivity index (χ3n) is 11.1. The number of aromatic nitrogens is 3. The highest BCUT2D eigenvalue weighted by Gasteiger charge is 2.18. The Balaban J connectivity index is 1.06. The zero-order chi connectivity index (χ0) is 36.6. The standard InChI is InChI=1S/C50H29N5/c1-51-33-22-26-49-42(29-33)40-16-5-9-20-47(40)53(49)34-13-11-12-32(28-34)37-25-23-36(31-44(37)52-2)55-48-21-10-6-17-41(48)43-30-35(24-27-50(43)55)54-45-18-7-3-14-38(45)39-15-4-8-19-46(39)54/h3-31H. The molecule has 0 bridgehead atoms. The van der Waals surface area contributed by atoms with Gasteiger partial charge in [-0.3, -0.25) is 0 Å². The van der Waals surface area contributed by atoms with Crippen molar-refractivity contribution in [1.82, 2.24) is 13.7 Å². The first kappa shape index (κ1) is 30.7. The van der Waals surface area contributed by atoms with Crippen molar-refractivity contribution in [2.75, 3.05) is 0 Å². The third kappa shape index (κ3) is 4.51. The molecule has 55 heavy (non-hydrogen) atoms. The molecule has 0 amide bonds. The smallest absolute Gasteiger partial charge is 0.196 e. The van der Waals surface area contributed by atoms with Crippen molar-refractivity contribution in [2.45, 2.75) is 0 Å². The van der Waals surface area contributed by atoms with Gasteiger partial charge >= 0.3 is 0 Å². The van der Waals surface area contributed by atoms with Crippen LogP contribution >= 0.6 is 0 Å². The molecule has 0 aliphatic carbocycles. The van der Waals surface area contributed by atoms with E-state index in [2.05, 4.69) is 163 Å². The van der Waals surface area contributed by atoms with Gasteiger partial charge in [0, 0.05) is 44.0 Å². The number of hydrogen-bond acceptors (Lipinski definition) is 0. The number of fused-ring (bicyclic) bond motifs is 9. The maximum Gasteiger partial charge on any atom is 0.196 e. The summed E-state index contributed by atoms with van der Waals surface area (Å²) in [5.41, 5.74) is 12.8. The van der Waals surface area contributed by atoms with Crippen molar-refractivity contribution in [3.8, 4) is 28.2 Å². The van der Waals surface area contributed by atoms with Gasteiger partial charge in [-0.25, -0.2) is 9.69 Å². The zero-order valence-electron chi connectivity index (χ0n) is 29.5. The molecule has 0 unspecified atom stereocenters. The largest absolute Gasteiger partial charge is 0.311 e. The van der Waals surface area contributed by atoms with Gasteiger partial charge in [0.25, 0.3) is 0 Å². The van der Waals surface area contributed by atoms with Crippen molar-refractivity contribution in [3.05, 3.63) is 199 Å². The molecule has 11 rings (SSSR count). The van der Waals surface area contributed by atoms with Crippen LogP contribution in [0.15, 0.2) is 176 Å². The lowest BCUT2D eigenvalue weighted by molar-refractivity contribution is 1.17. The fourth-order valence-corrected chi connectivity index (χ4v) is 8.70. The van der Waals surface area contributed by atoms with Crippen molar-refractivity contribution < 1.29 is 0 Å². The van der Waals surface area contributed by atoms with Crippen LogP contribution in [0.1, 0.15) is 0 Å². The quantitative estimate of drug-likeness (QED) is 0.163. The molecule has 8 aromatic carbocycles. The minimum atomic E-state index is 0.589. The Hall–Kier alpha value is -7.86. The summed E-state index contributed by atoms with van der Waals surface area (Å²) in [5, 5.41) is 6.95. The monoisotopic (exact) mass is 699 g/mol. The molecule has 0 aliphatic rings. The average Bonchev–Trinajstić information content (AvgIpc) is 3.88. The SMILES string of the molecule is [C-]#[N+]c1ccc2c(c1)c1ccccc1n2-c1cccc(-c2ccc(-n3c4ccccc4c4cc(-n5c6ccccc6c6ccccc65)ccc43)cc2[N+]#[C-])c1. The van der Waals surface area contributed by atoms with Gasteiger partial charge in [-0.15, -0.1) is 0 Å². The summed E-state index contributed by atoms with van der Waals surface area (Å²) in [6.07, 6.45) is 0. The Morgan fingerprint density at radius 2 is 0.782 bits per heavy atom. The van der Waals surface area contributed by atoms with E-state index in [1.54, 1.807) is 0 Å². The summed E-state index contributed by atoms with van der Waals surface area (Å²) >= 11 is 0. The lowest BCUT2D eigenvalue weighted by Gasteiger charge is -2.14. The van der Waals surface area contributed by atoms with Crippen LogP contribution in [-0.2, 0) is 0 Å². The van der Waals surface area contributed by atoms with Gasteiger partial charge in [0.1, 0.15) is 0 Å². The highest BCUT2D eigenvalue weighted by atomic mass is 15.0. The van der Waals surface area contributed by atoms with Gasteiger partial charge in [-0.2, -0.15) is 0 Å². The highest BCUT2D eigenvalue weighted by Crippen LogP contribution is 2.40. The minimum absolute atomic E-state index is 0.589. The van der Waals surface area contributed by atoms with Crippen molar-refractivity contribution in [1.29, 1.82) is 0 Å². The molecular weight excluding hydrogens is 671 g/mol. The Morgan fingerprint density at radius 3 is 1.35 bits per heavy atom. The summed E-state index contributed by atoms with van der Waals surface area (Å²) < 4.78 is 6.89. The van der Waals surface area contributed by atoms with Gasteiger partial charge in [-0.05, 0) is 95.4 Å². The number of rotatable bonds is 4. The molecule has 0 atom stereocenters. The minimum Gasteiger partial charge on any atom is -0.311 e. The summed E-state index contributed by atoms with van der Waals surface area (Å²) in [6.45, 7) is 15.9. The first-order chi connectivity index (χ1) is 27.2. The van der Waals surface area contributed by atoms with E-state index in [1.807, 2.05) is 36.4 Å². The molecule has 0 saturated heterocycles. The number of hydrogen-bond donors (Lipinski definition) is 0. The third-order valence-corrected chi connectivity index (χ3v) is 11.1. The van der Waals surface area contributed by atoms with Crippen molar-refractivity contribution >= 4 is 76.8 Å². The molecule has 3 aromatic heterocycles. The second-order valence-electron chi connectivity index (χ2n) is 14.0. The number of para-hydroxylation sites is 4. The van der Waals surface area contributed by atoms with Crippen LogP contribution in [0.2, 0.25) is 0 Å². The Kier molecular flexibility index (Phi) is 6.61. The van der Waals surface area contributed by atoms with Crippen molar-refractivity contribution in [2.24, 2.45) is 0 Å². The summed E-state index contributed by atoms with van der Waals surface area (Å²) in [7, 11) is 0. The first-order valence-electron chi connectivity index (χ1n) is 18.3. The maximum atomic E-state index is 8.35. The fourth-order valence-electron chi connectivity index (χ4n) is 8.70. The summed E-state index contributed by atoms with van der Waals surface area (Å²) in [6, 6.07) is 61.3. The predicted molar refractivity (Wildman–Crippen MR) is 227 cm³/mol. The molecule has 0 radical (unpaired) electrons. The molecule has 0 N–H and O–H groups in total. The Labute approximate surface area is 316 Å². The molecule has 0 fully saturated rings. The highest BCUT2D eigenvalue weighted by molar-refractivity contribution is 6.13. The van der Waals surface area contributed by atoms with Crippen LogP contribution in [0.3, 0.4) is 0 Å². The van der Waals surface area contributed by atoms with Crippen LogP contribution in [0, 0.1) is 13.1 Å². The van der Waals surface area contributed by atoms with Crippen molar-refractivity contribution in [3.63, 3.8) is 0 Å². The van der Waals surface area contributed by atoms with E-state index in [1.165, 1.54) is 21.8 Å². The van der Waals surface area contributed by atoms with Crippen LogP contribution in [0.25, 0.3) is 103 Å². The van der Waals surface area contributed by atoms with Crippen LogP contribution < -0.4 is 0 Å². The summed E-state index contributed by atoms with van der Waals surface area (Å²) in [4.78, 5) is 7.78. The molecule has 5 heteroatoms. The van der Waals surface area contributed by atoms with E-state index in [0.29, 0.717) is 11.4 Å². The summed E-state index contributed by atoms with van der Waals surface area (Å²) in [5.74, 6) is 0. The van der Waals surface area contributed by atoms with E-state index in [-0.39, 0.29) is 0 Å². The molecule has 11 aromatic rings. The zero-order valence-corrected chi connectivity index (χ0v) is 29.5. The predicted octanol–water partition coefficient (Wildman–Crippen LogP) is 13.7. The average molecular weight is 700 g/mol. The number of benzene rings is 8. The van der Waals surface area contributed by atoms with Crippen LogP contribution in [0.5, 0.6) is 0 Å².